The fourth-order valence-electron chi connectivity index (χ4n) is 4.13. The van der Waals surface area contributed by atoms with Gasteiger partial charge < -0.3 is 10.2 Å². The lowest BCUT2D eigenvalue weighted by molar-refractivity contribution is 0.206. The summed E-state index contributed by atoms with van der Waals surface area (Å²) in [6.45, 7) is 7.41. The van der Waals surface area contributed by atoms with Gasteiger partial charge in [-0.3, -0.25) is 4.90 Å². The van der Waals surface area contributed by atoms with E-state index in [2.05, 4.69) is 41.4 Å². The van der Waals surface area contributed by atoms with E-state index < -0.39 is 0 Å². The standard InChI is InChI=1S/C25H30FN5O/c1-4-27-25(32)29(3)17-23-22-16-30(15-19-7-9-20(26)10-8-19)14-13-24(22)31(28-23)21-11-5-18(2)6-12-21/h5-12H,4,13-17H2,1-3H3,(H,27,32). The van der Waals surface area contributed by atoms with Gasteiger partial charge >= 0.3 is 6.03 Å². The van der Waals surface area contributed by atoms with Crippen molar-refractivity contribution in [3.8, 4) is 5.69 Å². The van der Waals surface area contributed by atoms with Crippen LogP contribution >= 0.6 is 0 Å². The molecule has 0 saturated heterocycles. The number of halogens is 1. The number of nitrogens with zero attached hydrogens (tertiary/aromatic N) is 4. The van der Waals surface area contributed by atoms with Gasteiger partial charge in [-0.2, -0.15) is 5.10 Å². The first-order chi connectivity index (χ1) is 15.4. The van der Waals surface area contributed by atoms with Gasteiger partial charge in [-0.15, -0.1) is 0 Å². The van der Waals surface area contributed by atoms with Crippen LogP contribution in [0.2, 0.25) is 0 Å². The first kappa shape index (κ1) is 22.0. The van der Waals surface area contributed by atoms with Crippen LogP contribution in [0.15, 0.2) is 48.5 Å². The summed E-state index contributed by atoms with van der Waals surface area (Å²) in [4.78, 5) is 16.3. The van der Waals surface area contributed by atoms with Gasteiger partial charge in [0.05, 0.1) is 23.6 Å². The Bertz CT molecular complexity index is 1070. The van der Waals surface area contributed by atoms with E-state index in [0.29, 0.717) is 13.1 Å². The summed E-state index contributed by atoms with van der Waals surface area (Å²) in [5, 5.41) is 7.79. The van der Waals surface area contributed by atoms with E-state index in [1.807, 2.05) is 23.7 Å². The first-order valence-electron chi connectivity index (χ1n) is 11.1. The smallest absolute Gasteiger partial charge is 0.317 e. The Morgan fingerprint density at radius 2 is 1.88 bits per heavy atom. The average Bonchev–Trinajstić information content (AvgIpc) is 3.13. The maximum atomic E-state index is 13.3. The third-order valence-corrected chi connectivity index (χ3v) is 5.88. The van der Waals surface area contributed by atoms with Crippen molar-refractivity contribution < 1.29 is 9.18 Å². The summed E-state index contributed by atoms with van der Waals surface area (Å²) in [6.07, 6.45) is 0.863. The van der Waals surface area contributed by atoms with Crippen molar-refractivity contribution in [1.29, 1.82) is 0 Å². The van der Waals surface area contributed by atoms with E-state index in [0.717, 1.165) is 43.0 Å². The van der Waals surface area contributed by atoms with Gasteiger partial charge in [0.25, 0.3) is 0 Å². The minimum atomic E-state index is -0.218. The van der Waals surface area contributed by atoms with Gasteiger partial charge in [-0.1, -0.05) is 29.8 Å². The fourth-order valence-corrected chi connectivity index (χ4v) is 4.13. The second kappa shape index (κ2) is 9.53. The molecule has 1 aromatic heterocycles. The Labute approximate surface area is 188 Å². The van der Waals surface area contributed by atoms with E-state index in [1.165, 1.54) is 29.0 Å². The monoisotopic (exact) mass is 435 g/mol. The molecule has 168 valence electrons. The largest absolute Gasteiger partial charge is 0.338 e. The highest BCUT2D eigenvalue weighted by atomic mass is 19.1. The summed E-state index contributed by atoms with van der Waals surface area (Å²) in [5.41, 5.74) is 6.61. The molecule has 6 nitrogen and oxygen atoms in total. The Morgan fingerprint density at radius 3 is 2.56 bits per heavy atom. The van der Waals surface area contributed by atoms with Gasteiger partial charge in [0.2, 0.25) is 0 Å². The van der Waals surface area contributed by atoms with Crippen molar-refractivity contribution in [2.45, 2.75) is 39.9 Å². The summed E-state index contributed by atoms with van der Waals surface area (Å²) < 4.78 is 15.3. The number of carbonyl (C=O) groups excluding carboxylic acids is 1. The van der Waals surface area contributed by atoms with Crippen molar-refractivity contribution in [2.24, 2.45) is 0 Å². The number of aromatic nitrogens is 2. The highest BCUT2D eigenvalue weighted by Crippen LogP contribution is 2.27. The normalized spacial score (nSPS) is 13.6. The van der Waals surface area contributed by atoms with E-state index >= 15 is 0 Å². The lowest BCUT2D eigenvalue weighted by Gasteiger charge is -2.28. The third-order valence-electron chi connectivity index (χ3n) is 5.88. The number of nitrogens with one attached hydrogen (secondary N) is 1. The SMILES string of the molecule is CCNC(=O)N(C)Cc1nn(-c2ccc(C)cc2)c2c1CN(Cc1ccc(F)cc1)CC2. The second-order valence-corrected chi connectivity index (χ2v) is 8.40. The maximum Gasteiger partial charge on any atom is 0.317 e. The van der Waals surface area contributed by atoms with Crippen LogP contribution in [0.4, 0.5) is 9.18 Å². The van der Waals surface area contributed by atoms with Gasteiger partial charge in [0.15, 0.2) is 0 Å². The van der Waals surface area contributed by atoms with Crippen molar-refractivity contribution in [2.75, 3.05) is 20.1 Å². The number of rotatable bonds is 6. The summed E-state index contributed by atoms with van der Waals surface area (Å²) in [7, 11) is 1.79. The van der Waals surface area contributed by atoms with Crippen molar-refractivity contribution in [3.63, 3.8) is 0 Å². The van der Waals surface area contributed by atoms with Crippen LogP contribution in [-0.2, 0) is 26.1 Å². The summed E-state index contributed by atoms with van der Waals surface area (Å²) in [5.74, 6) is -0.218. The maximum absolute atomic E-state index is 13.3. The molecule has 0 unspecified atom stereocenters. The predicted molar refractivity (Wildman–Crippen MR) is 123 cm³/mol. The Kier molecular flexibility index (Phi) is 6.55. The third kappa shape index (κ3) is 4.83. The van der Waals surface area contributed by atoms with Crippen molar-refractivity contribution >= 4 is 6.03 Å². The minimum absolute atomic E-state index is 0.106. The van der Waals surface area contributed by atoms with E-state index in [-0.39, 0.29) is 11.8 Å². The minimum Gasteiger partial charge on any atom is -0.338 e. The molecule has 0 fully saturated rings. The van der Waals surface area contributed by atoms with Gasteiger partial charge in [-0.25, -0.2) is 13.9 Å². The van der Waals surface area contributed by atoms with Crippen molar-refractivity contribution in [1.82, 2.24) is 24.9 Å². The molecule has 1 aliphatic rings. The van der Waals surface area contributed by atoms with Crippen LogP contribution in [0.3, 0.4) is 0 Å². The van der Waals surface area contributed by atoms with Crippen LogP contribution < -0.4 is 5.32 Å². The number of fused-ring (bicyclic) bond motifs is 1. The molecule has 4 rings (SSSR count). The van der Waals surface area contributed by atoms with Crippen LogP contribution in [0, 0.1) is 12.7 Å². The molecule has 2 amide bonds. The predicted octanol–water partition coefficient (Wildman–Crippen LogP) is 4.04. The van der Waals surface area contributed by atoms with Gasteiger partial charge in [0.1, 0.15) is 5.82 Å². The topological polar surface area (TPSA) is 53.4 Å². The molecule has 2 aromatic carbocycles. The van der Waals surface area contributed by atoms with Crippen LogP contribution in [0.5, 0.6) is 0 Å². The molecule has 32 heavy (non-hydrogen) atoms. The highest BCUT2D eigenvalue weighted by molar-refractivity contribution is 5.73. The lowest BCUT2D eigenvalue weighted by Crippen LogP contribution is -2.37. The van der Waals surface area contributed by atoms with Crippen molar-refractivity contribution in [3.05, 3.63) is 82.4 Å². The van der Waals surface area contributed by atoms with Crippen LogP contribution in [0.25, 0.3) is 5.69 Å². The van der Waals surface area contributed by atoms with Crippen LogP contribution in [0.1, 0.15) is 35.0 Å². The number of carbonyl (C=O) groups is 1. The number of hydrogen-bond donors (Lipinski definition) is 1. The quantitative estimate of drug-likeness (QED) is 0.636. The fraction of sp³-hybridized carbons (Fsp3) is 0.360. The molecule has 1 N–H and O–H groups in total. The Morgan fingerprint density at radius 1 is 1.16 bits per heavy atom. The number of aryl methyl sites for hydroxylation is 1. The Balaban J connectivity index is 1.63. The molecule has 0 radical (unpaired) electrons. The number of benzene rings is 2. The molecule has 0 spiro atoms. The zero-order valence-electron chi connectivity index (χ0n) is 18.9. The molecule has 0 saturated carbocycles. The molecule has 1 aliphatic heterocycles. The first-order valence-corrected chi connectivity index (χ1v) is 11.1. The van der Waals surface area contributed by atoms with Crippen LogP contribution in [-0.4, -0.2) is 45.7 Å². The summed E-state index contributed by atoms with van der Waals surface area (Å²) in [6, 6.07) is 14.9. The molecule has 2 heterocycles. The lowest BCUT2D eigenvalue weighted by atomic mass is 10.0. The highest BCUT2D eigenvalue weighted by Gasteiger charge is 2.26. The average molecular weight is 436 g/mol. The number of amides is 2. The molecular weight excluding hydrogens is 405 g/mol. The number of urea groups is 1. The van der Waals surface area contributed by atoms with E-state index in [1.54, 1.807) is 11.9 Å². The molecule has 0 atom stereocenters. The molecular formula is C25H30FN5O. The molecule has 0 bridgehead atoms. The second-order valence-electron chi connectivity index (χ2n) is 8.40. The number of hydrogen-bond acceptors (Lipinski definition) is 3. The van der Waals surface area contributed by atoms with E-state index in [9.17, 15) is 9.18 Å². The Hall–Kier alpha value is -3.19. The van der Waals surface area contributed by atoms with Gasteiger partial charge in [-0.05, 0) is 43.7 Å². The van der Waals surface area contributed by atoms with Gasteiger partial charge in [0, 0.05) is 45.2 Å². The molecule has 7 heteroatoms. The molecule has 3 aromatic rings. The summed E-state index contributed by atoms with van der Waals surface area (Å²) >= 11 is 0. The van der Waals surface area contributed by atoms with E-state index in [4.69, 9.17) is 5.10 Å². The molecule has 0 aliphatic carbocycles. The zero-order chi connectivity index (χ0) is 22.7. The zero-order valence-corrected chi connectivity index (χ0v) is 18.9.